The van der Waals surface area contributed by atoms with Crippen molar-refractivity contribution in [2.24, 2.45) is 5.73 Å². The molecule has 2 N–H and O–H groups in total. The molecule has 0 radical (unpaired) electrons. The standard InChI is InChI=1S/C14H21ClN4O/c1-11(16)2-5-14(20)19-8-6-18(7-9-19)13-4-3-12(15)10-17-13/h3-4,10-11H,2,5-9,16H2,1H3. The Balaban J connectivity index is 1.83. The molecule has 0 saturated carbocycles. The van der Waals surface area contributed by atoms with Gasteiger partial charge in [-0.2, -0.15) is 0 Å². The van der Waals surface area contributed by atoms with Crippen LogP contribution in [0, 0.1) is 0 Å². The fourth-order valence-electron chi connectivity index (χ4n) is 2.25. The van der Waals surface area contributed by atoms with Gasteiger partial charge < -0.3 is 15.5 Å². The number of hydrogen-bond acceptors (Lipinski definition) is 4. The van der Waals surface area contributed by atoms with Crippen molar-refractivity contribution in [2.75, 3.05) is 31.1 Å². The number of nitrogens with two attached hydrogens (primary N) is 1. The predicted molar refractivity (Wildman–Crippen MR) is 80.9 cm³/mol. The van der Waals surface area contributed by atoms with E-state index in [9.17, 15) is 4.79 Å². The smallest absolute Gasteiger partial charge is 0.222 e. The molecule has 1 amide bonds. The van der Waals surface area contributed by atoms with Gasteiger partial charge in [0.2, 0.25) is 5.91 Å². The minimum atomic E-state index is 0.0820. The highest BCUT2D eigenvalue weighted by molar-refractivity contribution is 6.30. The molecule has 2 rings (SSSR count). The molecule has 5 nitrogen and oxygen atoms in total. The molecule has 0 spiro atoms. The molecule has 1 aromatic rings. The maximum absolute atomic E-state index is 12.0. The van der Waals surface area contributed by atoms with Gasteiger partial charge in [-0.25, -0.2) is 4.98 Å². The zero-order chi connectivity index (χ0) is 14.5. The monoisotopic (exact) mass is 296 g/mol. The van der Waals surface area contributed by atoms with Gasteiger partial charge in [-0.1, -0.05) is 11.6 Å². The van der Waals surface area contributed by atoms with Crippen molar-refractivity contribution in [2.45, 2.75) is 25.8 Å². The fourth-order valence-corrected chi connectivity index (χ4v) is 2.36. The van der Waals surface area contributed by atoms with Crippen LogP contribution in [0.2, 0.25) is 5.02 Å². The van der Waals surface area contributed by atoms with Crippen molar-refractivity contribution in [1.82, 2.24) is 9.88 Å². The first-order chi connectivity index (χ1) is 9.56. The number of aromatic nitrogens is 1. The summed E-state index contributed by atoms with van der Waals surface area (Å²) >= 11 is 5.83. The maximum Gasteiger partial charge on any atom is 0.222 e. The summed E-state index contributed by atoms with van der Waals surface area (Å²) in [6.45, 7) is 5.01. The summed E-state index contributed by atoms with van der Waals surface area (Å²) in [5.74, 6) is 1.11. The van der Waals surface area contributed by atoms with Gasteiger partial charge in [0.1, 0.15) is 5.82 Å². The first kappa shape index (κ1) is 15.1. The summed E-state index contributed by atoms with van der Waals surface area (Å²) < 4.78 is 0. The van der Waals surface area contributed by atoms with Crippen LogP contribution >= 0.6 is 11.6 Å². The van der Waals surface area contributed by atoms with Crippen molar-refractivity contribution in [3.8, 4) is 0 Å². The molecule has 1 atom stereocenters. The van der Waals surface area contributed by atoms with Crippen LogP contribution < -0.4 is 10.6 Å². The van der Waals surface area contributed by atoms with E-state index in [1.807, 2.05) is 24.0 Å². The lowest BCUT2D eigenvalue weighted by Crippen LogP contribution is -2.49. The molecule has 20 heavy (non-hydrogen) atoms. The van der Waals surface area contributed by atoms with Crippen molar-refractivity contribution in [3.05, 3.63) is 23.4 Å². The minimum absolute atomic E-state index is 0.0820. The molecule has 2 heterocycles. The van der Waals surface area contributed by atoms with Crippen molar-refractivity contribution in [3.63, 3.8) is 0 Å². The van der Waals surface area contributed by atoms with Crippen LogP contribution in [0.3, 0.4) is 0 Å². The second kappa shape index (κ2) is 6.90. The third-order valence-electron chi connectivity index (χ3n) is 3.48. The van der Waals surface area contributed by atoms with Gasteiger partial charge in [-0.3, -0.25) is 4.79 Å². The highest BCUT2D eigenvalue weighted by Crippen LogP contribution is 2.16. The Hall–Kier alpha value is -1.33. The van der Waals surface area contributed by atoms with Crippen LogP contribution in [0.5, 0.6) is 0 Å². The normalized spacial score (nSPS) is 17.1. The summed E-state index contributed by atoms with van der Waals surface area (Å²) in [5, 5.41) is 0.637. The van der Waals surface area contributed by atoms with Gasteiger partial charge in [0.25, 0.3) is 0 Å². The Morgan fingerprint density at radius 1 is 1.40 bits per heavy atom. The first-order valence-corrected chi connectivity index (χ1v) is 7.34. The maximum atomic E-state index is 12.0. The van der Waals surface area contributed by atoms with Crippen LogP contribution in [0.1, 0.15) is 19.8 Å². The third kappa shape index (κ3) is 4.08. The second-order valence-electron chi connectivity index (χ2n) is 5.22. The molecular formula is C14H21ClN4O. The quantitative estimate of drug-likeness (QED) is 0.915. The highest BCUT2D eigenvalue weighted by Gasteiger charge is 2.21. The SMILES string of the molecule is CC(N)CCC(=O)N1CCN(c2ccc(Cl)cn2)CC1. The Kier molecular flexibility index (Phi) is 5.20. The van der Waals surface area contributed by atoms with Crippen molar-refractivity contribution >= 4 is 23.3 Å². The lowest BCUT2D eigenvalue weighted by Gasteiger charge is -2.35. The summed E-state index contributed by atoms with van der Waals surface area (Å²) in [6, 6.07) is 3.83. The Bertz CT molecular complexity index is 441. The number of amides is 1. The van der Waals surface area contributed by atoms with E-state index in [-0.39, 0.29) is 11.9 Å². The van der Waals surface area contributed by atoms with Crippen LogP contribution in [0.4, 0.5) is 5.82 Å². The van der Waals surface area contributed by atoms with Gasteiger partial charge in [-0.05, 0) is 25.5 Å². The van der Waals surface area contributed by atoms with E-state index in [1.165, 1.54) is 0 Å². The Morgan fingerprint density at radius 3 is 2.65 bits per heavy atom. The lowest BCUT2D eigenvalue weighted by atomic mass is 10.1. The minimum Gasteiger partial charge on any atom is -0.353 e. The molecule has 1 saturated heterocycles. The Morgan fingerprint density at radius 2 is 2.10 bits per heavy atom. The first-order valence-electron chi connectivity index (χ1n) is 6.96. The second-order valence-corrected chi connectivity index (χ2v) is 5.65. The van der Waals surface area contributed by atoms with E-state index in [4.69, 9.17) is 17.3 Å². The molecular weight excluding hydrogens is 276 g/mol. The van der Waals surface area contributed by atoms with Crippen LogP contribution in [-0.2, 0) is 4.79 Å². The molecule has 110 valence electrons. The highest BCUT2D eigenvalue weighted by atomic mass is 35.5. The van der Waals surface area contributed by atoms with E-state index < -0.39 is 0 Å². The topological polar surface area (TPSA) is 62.5 Å². The molecule has 1 aliphatic rings. The number of hydrogen-bond donors (Lipinski definition) is 1. The van der Waals surface area contributed by atoms with E-state index >= 15 is 0 Å². The van der Waals surface area contributed by atoms with Crippen molar-refractivity contribution in [1.29, 1.82) is 0 Å². The molecule has 1 fully saturated rings. The summed E-state index contributed by atoms with van der Waals surface area (Å²) in [5.41, 5.74) is 5.68. The number of nitrogens with zero attached hydrogens (tertiary/aromatic N) is 3. The summed E-state index contributed by atoms with van der Waals surface area (Å²) in [4.78, 5) is 20.4. The van der Waals surface area contributed by atoms with Gasteiger partial charge >= 0.3 is 0 Å². The number of halogens is 1. The number of carbonyl (C=O) groups is 1. The molecule has 1 aliphatic heterocycles. The summed E-state index contributed by atoms with van der Waals surface area (Å²) in [6.07, 6.45) is 2.94. The molecule has 6 heteroatoms. The van der Waals surface area contributed by atoms with Crippen LogP contribution in [0.15, 0.2) is 18.3 Å². The van der Waals surface area contributed by atoms with Gasteiger partial charge in [0, 0.05) is 44.8 Å². The van der Waals surface area contributed by atoms with Crippen LogP contribution in [-0.4, -0.2) is 48.0 Å². The van der Waals surface area contributed by atoms with Crippen LogP contribution in [0.25, 0.3) is 0 Å². The average Bonchev–Trinajstić information content (AvgIpc) is 2.46. The summed E-state index contributed by atoms with van der Waals surface area (Å²) in [7, 11) is 0. The molecule has 0 aliphatic carbocycles. The van der Waals surface area contributed by atoms with Gasteiger partial charge in [0.05, 0.1) is 5.02 Å². The molecule has 1 aromatic heterocycles. The van der Waals surface area contributed by atoms with Crippen molar-refractivity contribution < 1.29 is 4.79 Å². The van der Waals surface area contributed by atoms with E-state index in [0.717, 1.165) is 38.4 Å². The number of rotatable bonds is 4. The van der Waals surface area contributed by atoms with E-state index in [1.54, 1.807) is 6.20 Å². The molecule has 1 unspecified atom stereocenters. The lowest BCUT2D eigenvalue weighted by molar-refractivity contribution is -0.131. The van der Waals surface area contributed by atoms with Gasteiger partial charge in [-0.15, -0.1) is 0 Å². The zero-order valence-corrected chi connectivity index (χ0v) is 12.5. The Labute approximate surface area is 124 Å². The number of pyridine rings is 1. The molecule has 0 bridgehead atoms. The zero-order valence-electron chi connectivity index (χ0n) is 11.8. The van der Waals surface area contributed by atoms with E-state index in [0.29, 0.717) is 11.4 Å². The largest absolute Gasteiger partial charge is 0.353 e. The third-order valence-corrected chi connectivity index (χ3v) is 3.71. The van der Waals surface area contributed by atoms with Gasteiger partial charge in [0.15, 0.2) is 0 Å². The fraction of sp³-hybridized carbons (Fsp3) is 0.571. The number of anilines is 1. The predicted octanol–water partition coefficient (Wildman–Crippen LogP) is 1.51. The number of piperazine rings is 1. The number of carbonyl (C=O) groups excluding carboxylic acids is 1. The molecule has 0 aromatic carbocycles. The average molecular weight is 297 g/mol. The van der Waals surface area contributed by atoms with E-state index in [2.05, 4.69) is 9.88 Å².